The molecule has 7 nitrogen and oxygen atoms in total. The van der Waals surface area contributed by atoms with E-state index >= 15 is 0 Å². The highest BCUT2D eigenvalue weighted by molar-refractivity contribution is 6.04. The van der Waals surface area contributed by atoms with Crippen molar-refractivity contribution in [1.82, 2.24) is 10.1 Å². The lowest BCUT2D eigenvalue weighted by Crippen LogP contribution is -2.12. The van der Waals surface area contributed by atoms with Gasteiger partial charge in [-0.25, -0.2) is 9.78 Å². The lowest BCUT2D eigenvalue weighted by Gasteiger charge is -2.09. The average molecular weight is 333 g/mol. The van der Waals surface area contributed by atoms with Gasteiger partial charge in [0.1, 0.15) is 0 Å². The zero-order valence-corrected chi connectivity index (χ0v) is 12.8. The number of fused-ring (bicyclic) bond motifs is 1. The molecule has 2 heterocycles. The topological polar surface area (TPSA) is 98.2 Å². The van der Waals surface area contributed by atoms with Crippen molar-refractivity contribution < 1.29 is 13.7 Å². The first kappa shape index (κ1) is 14.8. The molecule has 0 unspecified atom stereocenters. The summed E-state index contributed by atoms with van der Waals surface area (Å²) in [5, 5.41) is 6.61. The average Bonchev–Trinajstić information content (AvgIpc) is 3.17. The number of benzene rings is 2. The van der Waals surface area contributed by atoms with E-state index in [2.05, 4.69) is 15.5 Å². The first-order valence-corrected chi connectivity index (χ1v) is 7.44. The van der Waals surface area contributed by atoms with Crippen molar-refractivity contribution in [3.8, 4) is 11.5 Å². The van der Waals surface area contributed by atoms with Crippen molar-refractivity contribution >= 4 is 22.5 Å². The first-order chi connectivity index (χ1) is 12.2. The Bertz CT molecular complexity index is 1120. The van der Waals surface area contributed by atoms with Crippen LogP contribution in [0.5, 0.6) is 0 Å². The van der Waals surface area contributed by atoms with Gasteiger partial charge in [0.25, 0.3) is 5.91 Å². The highest BCUT2D eigenvalue weighted by Gasteiger charge is 2.16. The van der Waals surface area contributed by atoms with Gasteiger partial charge in [-0.3, -0.25) is 4.79 Å². The molecule has 0 radical (unpaired) electrons. The maximum Gasteiger partial charge on any atom is 0.347 e. The van der Waals surface area contributed by atoms with E-state index in [4.69, 9.17) is 8.94 Å². The summed E-state index contributed by atoms with van der Waals surface area (Å²) in [7, 11) is 0. The normalized spacial score (nSPS) is 10.7. The summed E-state index contributed by atoms with van der Waals surface area (Å²) in [6.45, 7) is 0. The minimum Gasteiger partial charge on any atom is -0.403 e. The lowest BCUT2D eigenvalue weighted by molar-refractivity contribution is 0.0988. The van der Waals surface area contributed by atoms with E-state index in [0.717, 1.165) is 0 Å². The van der Waals surface area contributed by atoms with Crippen LogP contribution in [-0.2, 0) is 0 Å². The molecule has 0 aliphatic rings. The van der Waals surface area contributed by atoms with Gasteiger partial charge in [-0.05, 0) is 24.3 Å². The van der Waals surface area contributed by atoms with Crippen LogP contribution in [0, 0.1) is 0 Å². The maximum absolute atomic E-state index is 12.2. The number of anilines is 1. The van der Waals surface area contributed by atoms with Gasteiger partial charge in [0.2, 0.25) is 11.7 Å². The number of hydrogen-bond donors (Lipinski definition) is 1. The van der Waals surface area contributed by atoms with E-state index < -0.39 is 11.5 Å². The predicted molar refractivity (Wildman–Crippen MR) is 90.2 cm³/mol. The van der Waals surface area contributed by atoms with Gasteiger partial charge in [0.05, 0.1) is 28.4 Å². The standard InChI is InChI=1S/C18H11N3O4/c22-16(15-9-10-19-25-15)20-13-7-3-1-5-11(13)17-21-14-8-4-2-6-12(14)18(23)24-17/h1-10H,(H,20,22). The van der Waals surface area contributed by atoms with Crippen LogP contribution in [0.15, 0.2) is 74.5 Å². The van der Waals surface area contributed by atoms with Crippen molar-refractivity contribution in [2.45, 2.75) is 0 Å². The zero-order chi connectivity index (χ0) is 17.2. The number of rotatable bonds is 3. The van der Waals surface area contributed by atoms with Crippen molar-refractivity contribution in [3.05, 3.63) is 77.0 Å². The molecule has 0 fully saturated rings. The molecule has 7 heteroatoms. The van der Waals surface area contributed by atoms with Crippen LogP contribution in [0.25, 0.3) is 22.4 Å². The molecule has 0 spiro atoms. The Labute approximate surface area is 140 Å². The van der Waals surface area contributed by atoms with Crippen molar-refractivity contribution in [2.24, 2.45) is 0 Å². The number of hydrogen-bond acceptors (Lipinski definition) is 6. The van der Waals surface area contributed by atoms with Gasteiger partial charge >= 0.3 is 5.63 Å². The monoisotopic (exact) mass is 333 g/mol. The number of amides is 1. The Morgan fingerprint density at radius 1 is 1.00 bits per heavy atom. The minimum absolute atomic E-state index is 0.0720. The summed E-state index contributed by atoms with van der Waals surface area (Å²) in [5.41, 5.74) is 0.954. The van der Waals surface area contributed by atoms with Gasteiger partial charge in [0, 0.05) is 6.07 Å². The van der Waals surface area contributed by atoms with Gasteiger partial charge < -0.3 is 14.3 Å². The third kappa shape index (κ3) is 2.78. The fraction of sp³-hybridized carbons (Fsp3) is 0. The Hall–Kier alpha value is -3.74. The van der Waals surface area contributed by atoms with E-state index in [-0.39, 0.29) is 11.7 Å². The van der Waals surface area contributed by atoms with Crippen LogP contribution in [0.4, 0.5) is 5.69 Å². The number of para-hydroxylation sites is 2. The second-order valence-corrected chi connectivity index (χ2v) is 5.20. The summed E-state index contributed by atoms with van der Waals surface area (Å²) in [6.07, 6.45) is 1.38. The number of nitrogens with one attached hydrogen (secondary N) is 1. The van der Waals surface area contributed by atoms with Crippen LogP contribution in [0.2, 0.25) is 0 Å². The third-order valence-electron chi connectivity index (χ3n) is 3.60. The highest BCUT2D eigenvalue weighted by atomic mass is 16.5. The zero-order valence-electron chi connectivity index (χ0n) is 12.8. The molecule has 1 amide bonds. The van der Waals surface area contributed by atoms with E-state index in [9.17, 15) is 9.59 Å². The van der Waals surface area contributed by atoms with E-state index in [1.54, 1.807) is 48.5 Å². The summed E-state index contributed by atoms with van der Waals surface area (Å²) >= 11 is 0. The van der Waals surface area contributed by atoms with Crippen molar-refractivity contribution in [2.75, 3.05) is 5.32 Å². The second kappa shape index (κ2) is 6.04. The molecule has 0 aliphatic heterocycles. The molecule has 2 aromatic carbocycles. The summed E-state index contributed by atoms with van der Waals surface area (Å²) in [5.74, 6) is -0.270. The second-order valence-electron chi connectivity index (χ2n) is 5.20. The maximum atomic E-state index is 12.2. The SMILES string of the molecule is O=C(Nc1ccccc1-c1nc2ccccc2c(=O)o1)c1ccno1. The van der Waals surface area contributed by atoms with Crippen LogP contribution in [0.3, 0.4) is 0 Å². The number of aromatic nitrogens is 2. The predicted octanol–water partition coefficient (Wildman–Crippen LogP) is 3.10. The fourth-order valence-electron chi connectivity index (χ4n) is 2.43. The fourth-order valence-corrected chi connectivity index (χ4v) is 2.43. The third-order valence-corrected chi connectivity index (χ3v) is 3.60. The summed E-state index contributed by atoms with van der Waals surface area (Å²) < 4.78 is 10.2. The smallest absolute Gasteiger partial charge is 0.347 e. The number of nitrogens with zero attached hydrogens (tertiary/aromatic N) is 2. The number of carbonyl (C=O) groups excluding carboxylic acids is 1. The molecule has 0 bridgehead atoms. The Morgan fingerprint density at radius 2 is 1.80 bits per heavy atom. The van der Waals surface area contributed by atoms with Gasteiger partial charge in [-0.15, -0.1) is 0 Å². The molecule has 0 saturated carbocycles. The molecule has 0 atom stereocenters. The van der Waals surface area contributed by atoms with Gasteiger partial charge in [-0.1, -0.05) is 29.4 Å². The molecule has 25 heavy (non-hydrogen) atoms. The molecule has 122 valence electrons. The highest BCUT2D eigenvalue weighted by Crippen LogP contribution is 2.27. The molecule has 4 aromatic rings. The van der Waals surface area contributed by atoms with E-state index in [0.29, 0.717) is 22.2 Å². The van der Waals surface area contributed by atoms with E-state index in [1.165, 1.54) is 12.3 Å². The minimum atomic E-state index is -0.489. The molecular formula is C18H11N3O4. The van der Waals surface area contributed by atoms with Crippen LogP contribution >= 0.6 is 0 Å². The molecule has 4 rings (SSSR count). The Kier molecular flexibility index (Phi) is 3.59. The largest absolute Gasteiger partial charge is 0.403 e. The quantitative estimate of drug-likeness (QED) is 0.618. The van der Waals surface area contributed by atoms with Gasteiger partial charge in [0.15, 0.2) is 0 Å². The van der Waals surface area contributed by atoms with E-state index in [1.807, 2.05) is 0 Å². The molecule has 1 N–H and O–H groups in total. The van der Waals surface area contributed by atoms with Crippen LogP contribution in [-0.4, -0.2) is 16.0 Å². The molecule has 0 saturated heterocycles. The van der Waals surface area contributed by atoms with Crippen LogP contribution in [0.1, 0.15) is 10.6 Å². The Morgan fingerprint density at radius 3 is 2.64 bits per heavy atom. The first-order valence-electron chi connectivity index (χ1n) is 7.44. The van der Waals surface area contributed by atoms with Crippen molar-refractivity contribution in [1.29, 1.82) is 0 Å². The van der Waals surface area contributed by atoms with Crippen LogP contribution < -0.4 is 10.9 Å². The van der Waals surface area contributed by atoms with Crippen molar-refractivity contribution in [3.63, 3.8) is 0 Å². The molecular weight excluding hydrogens is 322 g/mol. The lowest BCUT2D eigenvalue weighted by atomic mass is 10.1. The summed E-state index contributed by atoms with van der Waals surface area (Å²) in [6, 6.07) is 15.3. The molecule has 2 aromatic heterocycles. The molecule has 0 aliphatic carbocycles. The number of carbonyl (C=O) groups is 1. The summed E-state index contributed by atoms with van der Waals surface area (Å²) in [4.78, 5) is 28.7. The van der Waals surface area contributed by atoms with Gasteiger partial charge in [-0.2, -0.15) is 0 Å². The Balaban J connectivity index is 1.79.